The minimum atomic E-state index is -4.50. The number of hydrogen-bond donors (Lipinski definition) is 1. The second kappa shape index (κ2) is 11.8. The van der Waals surface area contributed by atoms with Crippen LogP contribution in [-0.2, 0) is 37.1 Å². The Kier molecular flexibility index (Phi) is 8.45. The summed E-state index contributed by atoms with van der Waals surface area (Å²) in [5.41, 5.74) is 1.86. The summed E-state index contributed by atoms with van der Waals surface area (Å²) in [7, 11) is -6.98. The summed E-state index contributed by atoms with van der Waals surface area (Å²) < 4.78 is 82.6. The van der Waals surface area contributed by atoms with Gasteiger partial charge in [0.2, 0.25) is 10.0 Å². The Labute approximate surface area is 230 Å². The molecule has 40 heavy (non-hydrogen) atoms. The topological polar surface area (TPSA) is 118 Å². The molecule has 3 aromatic carbocycles. The molecule has 0 aliphatic carbocycles. The molecule has 0 fully saturated rings. The summed E-state index contributed by atoms with van der Waals surface area (Å²) in [6.07, 6.45) is 5.53. The Balaban J connectivity index is 1.62. The number of nitrogens with zero attached hydrogens (tertiary/aromatic N) is 3. The van der Waals surface area contributed by atoms with E-state index in [1.165, 1.54) is 13.1 Å². The normalized spacial score (nSPS) is 12.0. The lowest BCUT2D eigenvalue weighted by molar-refractivity contribution is -0.114. The first kappa shape index (κ1) is 28.6. The van der Waals surface area contributed by atoms with E-state index >= 15 is 0 Å². The summed E-state index contributed by atoms with van der Waals surface area (Å²) in [6.45, 7) is 0.351. The molecule has 0 atom stereocenters. The van der Waals surface area contributed by atoms with Crippen LogP contribution in [0.4, 0.5) is 14.5 Å². The summed E-state index contributed by atoms with van der Waals surface area (Å²) in [5.74, 6) is -3.97. The van der Waals surface area contributed by atoms with Crippen molar-refractivity contribution in [2.24, 2.45) is 0 Å². The molecule has 0 saturated carbocycles. The Morgan fingerprint density at radius 2 is 1.70 bits per heavy atom. The second-order valence-electron chi connectivity index (χ2n) is 8.69. The molecular weight excluding hydrogens is 562 g/mol. The predicted molar refractivity (Wildman–Crippen MR) is 146 cm³/mol. The van der Waals surface area contributed by atoms with E-state index < -0.39 is 42.5 Å². The fourth-order valence-corrected chi connectivity index (χ4v) is 5.97. The van der Waals surface area contributed by atoms with E-state index in [4.69, 9.17) is 0 Å². The van der Waals surface area contributed by atoms with Crippen LogP contribution in [-0.4, -0.2) is 39.6 Å². The number of aromatic nitrogens is 2. The van der Waals surface area contributed by atoms with E-state index in [1.54, 1.807) is 76.4 Å². The predicted octanol–water partition coefficient (Wildman–Crippen LogP) is 3.69. The lowest BCUT2D eigenvalue weighted by atomic mass is 10.1. The zero-order valence-corrected chi connectivity index (χ0v) is 22.7. The fourth-order valence-electron chi connectivity index (χ4n) is 3.75. The number of sulfonamides is 2. The third-order valence-electron chi connectivity index (χ3n) is 5.80. The smallest absolute Gasteiger partial charge is 0.264 e. The second-order valence-corrected chi connectivity index (χ2v) is 12.4. The van der Waals surface area contributed by atoms with Gasteiger partial charge in [-0.25, -0.2) is 30.3 Å². The lowest BCUT2D eigenvalue weighted by Crippen LogP contribution is -2.29. The van der Waals surface area contributed by atoms with Gasteiger partial charge in [0.15, 0.2) is 11.6 Å². The van der Waals surface area contributed by atoms with Gasteiger partial charge in [0.05, 0.1) is 22.9 Å². The first-order valence-corrected chi connectivity index (χ1v) is 14.8. The van der Waals surface area contributed by atoms with Crippen LogP contribution in [0.25, 0.3) is 6.08 Å². The molecule has 0 aliphatic heterocycles. The van der Waals surface area contributed by atoms with Crippen LogP contribution in [0.3, 0.4) is 0 Å². The Morgan fingerprint density at radius 1 is 0.950 bits per heavy atom. The molecule has 4 rings (SSSR count). The highest BCUT2D eigenvalue weighted by molar-refractivity contribution is 7.92. The van der Waals surface area contributed by atoms with Crippen molar-refractivity contribution in [1.82, 2.24) is 14.5 Å². The third kappa shape index (κ3) is 6.98. The summed E-state index contributed by atoms with van der Waals surface area (Å²) in [5, 5.41) is 4.16. The zero-order chi connectivity index (χ0) is 28.9. The first-order chi connectivity index (χ1) is 18.9. The molecule has 0 spiro atoms. The number of anilines is 1. The third-order valence-corrected chi connectivity index (χ3v) is 8.87. The molecular formula is C27H24F2N4O5S2. The van der Waals surface area contributed by atoms with E-state index in [0.717, 1.165) is 22.0 Å². The van der Waals surface area contributed by atoms with Crippen LogP contribution in [0.5, 0.6) is 0 Å². The van der Waals surface area contributed by atoms with Gasteiger partial charge in [-0.3, -0.25) is 13.8 Å². The average Bonchev–Trinajstić information content (AvgIpc) is 3.42. The molecule has 4 aromatic rings. The number of carbonyl (C=O) groups excluding carboxylic acids is 1. The van der Waals surface area contributed by atoms with E-state index in [0.29, 0.717) is 29.8 Å². The highest BCUT2D eigenvalue weighted by atomic mass is 32.2. The molecule has 0 saturated heterocycles. The van der Waals surface area contributed by atoms with E-state index in [1.807, 2.05) is 0 Å². The molecule has 0 aliphatic rings. The number of rotatable bonds is 10. The molecule has 1 N–H and O–H groups in total. The zero-order valence-electron chi connectivity index (χ0n) is 21.1. The number of benzene rings is 3. The van der Waals surface area contributed by atoms with Gasteiger partial charge in [-0.2, -0.15) is 5.10 Å². The SMILES string of the molecule is CN(c1cc(Cn2cccn2)ccc1/C=C/C(=O)NS(=O)(=O)c1ccc(F)c(F)c1)S(=O)(=O)Cc1ccccc1. The van der Waals surface area contributed by atoms with Gasteiger partial charge in [0, 0.05) is 25.5 Å². The molecule has 0 bridgehead atoms. The Morgan fingerprint density at radius 3 is 2.38 bits per heavy atom. The lowest BCUT2D eigenvalue weighted by Gasteiger charge is -2.22. The molecule has 13 heteroatoms. The monoisotopic (exact) mass is 586 g/mol. The van der Waals surface area contributed by atoms with Crippen molar-refractivity contribution in [3.05, 3.63) is 120 Å². The van der Waals surface area contributed by atoms with Crippen molar-refractivity contribution in [2.75, 3.05) is 11.4 Å². The number of amides is 1. The van der Waals surface area contributed by atoms with Crippen LogP contribution in [0.15, 0.2) is 96.2 Å². The first-order valence-electron chi connectivity index (χ1n) is 11.8. The molecule has 0 radical (unpaired) electrons. The highest BCUT2D eigenvalue weighted by Crippen LogP contribution is 2.27. The van der Waals surface area contributed by atoms with Gasteiger partial charge >= 0.3 is 0 Å². The Bertz CT molecular complexity index is 1760. The van der Waals surface area contributed by atoms with E-state index in [-0.39, 0.29) is 11.4 Å². The van der Waals surface area contributed by atoms with Gasteiger partial charge < -0.3 is 0 Å². The van der Waals surface area contributed by atoms with Crippen molar-refractivity contribution >= 4 is 37.7 Å². The molecule has 1 heterocycles. The van der Waals surface area contributed by atoms with Gasteiger partial charge in [0.25, 0.3) is 15.9 Å². The molecule has 1 amide bonds. The van der Waals surface area contributed by atoms with Crippen molar-refractivity contribution in [2.45, 2.75) is 17.2 Å². The summed E-state index contributed by atoms with van der Waals surface area (Å²) in [4.78, 5) is 11.8. The highest BCUT2D eigenvalue weighted by Gasteiger charge is 2.22. The van der Waals surface area contributed by atoms with Crippen LogP contribution in [0.2, 0.25) is 0 Å². The molecule has 9 nitrogen and oxygen atoms in total. The van der Waals surface area contributed by atoms with Crippen molar-refractivity contribution < 1.29 is 30.4 Å². The minimum absolute atomic E-state index is 0.244. The maximum atomic E-state index is 13.5. The minimum Gasteiger partial charge on any atom is -0.272 e. The van der Waals surface area contributed by atoms with E-state index in [2.05, 4.69) is 5.10 Å². The van der Waals surface area contributed by atoms with Gasteiger partial charge in [-0.05, 0) is 53.1 Å². The van der Waals surface area contributed by atoms with Crippen molar-refractivity contribution in [1.29, 1.82) is 0 Å². The van der Waals surface area contributed by atoms with E-state index in [9.17, 15) is 30.4 Å². The number of carbonyl (C=O) groups is 1. The fraction of sp³-hybridized carbons (Fsp3) is 0.111. The number of halogens is 2. The molecule has 208 valence electrons. The van der Waals surface area contributed by atoms with Crippen LogP contribution in [0.1, 0.15) is 16.7 Å². The van der Waals surface area contributed by atoms with Crippen molar-refractivity contribution in [3.8, 4) is 0 Å². The van der Waals surface area contributed by atoms with Crippen LogP contribution >= 0.6 is 0 Å². The largest absolute Gasteiger partial charge is 0.272 e. The molecule has 1 aromatic heterocycles. The van der Waals surface area contributed by atoms with Gasteiger partial charge in [-0.1, -0.05) is 42.5 Å². The summed E-state index contributed by atoms with van der Waals surface area (Å²) in [6, 6.07) is 17.2. The number of nitrogens with one attached hydrogen (secondary N) is 1. The average molecular weight is 587 g/mol. The van der Waals surface area contributed by atoms with Crippen LogP contribution in [0, 0.1) is 11.6 Å². The van der Waals surface area contributed by atoms with Gasteiger partial charge in [-0.15, -0.1) is 0 Å². The molecule has 0 unspecified atom stereocenters. The van der Waals surface area contributed by atoms with Gasteiger partial charge in [0.1, 0.15) is 0 Å². The quantitative estimate of drug-likeness (QED) is 0.283. The Hall–Kier alpha value is -4.36. The summed E-state index contributed by atoms with van der Waals surface area (Å²) >= 11 is 0. The maximum absolute atomic E-state index is 13.5. The number of hydrogen-bond acceptors (Lipinski definition) is 6. The standard InChI is InChI=1S/C27H24F2N4O5S2/c1-32(39(35,36)19-20-6-3-2-4-7-20)26-16-21(18-33-15-5-14-30-33)8-9-22(26)10-13-27(34)31-40(37,38)23-11-12-24(28)25(29)17-23/h2-17H,18-19H2,1H3,(H,31,34)/b13-10+. The van der Waals surface area contributed by atoms with Crippen molar-refractivity contribution in [3.63, 3.8) is 0 Å². The van der Waals surface area contributed by atoms with Crippen LogP contribution < -0.4 is 9.03 Å². The maximum Gasteiger partial charge on any atom is 0.264 e.